The van der Waals surface area contributed by atoms with E-state index in [1.165, 1.54) is 0 Å². The molecular weight excluding hydrogens is 294 g/mol. The van der Waals surface area contributed by atoms with E-state index in [1.807, 2.05) is 36.4 Å². The van der Waals surface area contributed by atoms with E-state index in [0.717, 1.165) is 26.8 Å². The molecule has 0 atom stereocenters. The summed E-state index contributed by atoms with van der Waals surface area (Å²) in [7, 11) is 1.59. The van der Waals surface area contributed by atoms with Gasteiger partial charge >= 0.3 is 0 Å². The summed E-state index contributed by atoms with van der Waals surface area (Å²) in [6, 6.07) is 11.9. The van der Waals surface area contributed by atoms with Gasteiger partial charge in [-0.25, -0.2) is 4.98 Å². The Morgan fingerprint density at radius 2 is 2.00 bits per heavy atom. The maximum Gasteiger partial charge on any atom is 0.228 e. The lowest BCUT2D eigenvalue weighted by atomic mass is 10.1. The fourth-order valence-electron chi connectivity index (χ4n) is 1.85. The van der Waals surface area contributed by atoms with Crippen molar-refractivity contribution in [1.29, 1.82) is 0 Å². The van der Waals surface area contributed by atoms with Crippen molar-refractivity contribution in [2.24, 2.45) is 0 Å². The predicted octanol–water partition coefficient (Wildman–Crippen LogP) is 4.27. The average molecular weight is 304 g/mol. The second-order valence-electron chi connectivity index (χ2n) is 3.84. The molecule has 3 nitrogen and oxygen atoms in total. The zero-order valence-electron chi connectivity index (χ0n) is 9.68. The Balaban J connectivity index is 2.20. The van der Waals surface area contributed by atoms with E-state index in [9.17, 15) is 0 Å². The highest BCUT2D eigenvalue weighted by molar-refractivity contribution is 9.10. The predicted molar refractivity (Wildman–Crippen MR) is 73.7 cm³/mol. The first-order valence-electron chi connectivity index (χ1n) is 5.47. The van der Waals surface area contributed by atoms with Gasteiger partial charge < -0.3 is 9.15 Å². The molecule has 0 aliphatic carbocycles. The molecule has 0 aliphatic rings. The molecule has 3 aromatic rings. The molecule has 0 saturated carbocycles. The first-order valence-corrected chi connectivity index (χ1v) is 6.26. The molecule has 1 aromatic carbocycles. The Hall–Kier alpha value is -1.81. The SMILES string of the molecule is COc1ncc2oc(-c3ccccc3)cc2c1Br. The standard InChI is InChI=1S/C14H10BrNO2/c1-17-14-13(15)10-7-11(18-12(10)8-16-14)9-5-3-2-4-6-9/h2-8H,1H3. The van der Waals surface area contributed by atoms with Crippen LogP contribution in [-0.4, -0.2) is 12.1 Å². The molecule has 0 radical (unpaired) electrons. The minimum atomic E-state index is 0.558. The van der Waals surface area contributed by atoms with Gasteiger partial charge in [0.1, 0.15) is 5.76 Å². The first-order chi connectivity index (χ1) is 8.79. The van der Waals surface area contributed by atoms with Crippen molar-refractivity contribution in [2.75, 3.05) is 7.11 Å². The van der Waals surface area contributed by atoms with Crippen molar-refractivity contribution in [3.63, 3.8) is 0 Å². The van der Waals surface area contributed by atoms with E-state index < -0.39 is 0 Å². The minimum absolute atomic E-state index is 0.558. The lowest BCUT2D eigenvalue weighted by Gasteiger charge is -2.00. The van der Waals surface area contributed by atoms with Crippen LogP contribution < -0.4 is 4.74 Å². The number of hydrogen-bond donors (Lipinski definition) is 0. The van der Waals surface area contributed by atoms with Gasteiger partial charge in [0.25, 0.3) is 0 Å². The van der Waals surface area contributed by atoms with Gasteiger partial charge in [-0.15, -0.1) is 0 Å². The van der Waals surface area contributed by atoms with Crippen LogP contribution in [0.2, 0.25) is 0 Å². The second-order valence-corrected chi connectivity index (χ2v) is 4.63. The summed E-state index contributed by atoms with van der Waals surface area (Å²) in [4.78, 5) is 4.17. The third kappa shape index (κ3) is 1.78. The van der Waals surface area contributed by atoms with E-state index in [1.54, 1.807) is 13.3 Å². The van der Waals surface area contributed by atoms with Gasteiger partial charge in [0, 0.05) is 10.9 Å². The molecular formula is C14H10BrNO2. The van der Waals surface area contributed by atoms with Gasteiger partial charge in [-0.2, -0.15) is 0 Å². The van der Waals surface area contributed by atoms with E-state index in [4.69, 9.17) is 9.15 Å². The van der Waals surface area contributed by atoms with Crippen LogP contribution in [0.4, 0.5) is 0 Å². The van der Waals surface area contributed by atoms with Crippen LogP contribution in [-0.2, 0) is 0 Å². The van der Waals surface area contributed by atoms with Crippen molar-refractivity contribution in [3.05, 3.63) is 47.1 Å². The van der Waals surface area contributed by atoms with E-state index in [2.05, 4.69) is 20.9 Å². The summed E-state index contributed by atoms with van der Waals surface area (Å²) in [5.41, 5.74) is 1.78. The van der Waals surface area contributed by atoms with Crippen LogP contribution in [0, 0.1) is 0 Å². The average Bonchev–Trinajstić information content (AvgIpc) is 2.85. The summed E-state index contributed by atoms with van der Waals surface area (Å²) in [5, 5.41) is 0.959. The Morgan fingerprint density at radius 3 is 2.72 bits per heavy atom. The summed E-state index contributed by atoms with van der Waals surface area (Å²) >= 11 is 3.48. The molecule has 0 amide bonds. The number of pyridine rings is 1. The minimum Gasteiger partial charge on any atom is -0.480 e. The molecule has 2 heterocycles. The number of nitrogens with zero attached hydrogens (tertiary/aromatic N) is 1. The van der Waals surface area contributed by atoms with Gasteiger partial charge in [-0.05, 0) is 22.0 Å². The molecule has 0 aliphatic heterocycles. The summed E-state index contributed by atoms with van der Waals surface area (Å²) in [6.45, 7) is 0. The Bertz CT molecular complexity index is 692. The van der Waals surface area contributed by atoms with Gasteiger partial charge in [0.2, 0.25) is 5.88 Å². The molecule has 3 rings (SSSR count). The highest BCUT2D eigenvalue weighted by Crippen LogP contribution is 2.35. The number of furan rings is 1. The van der Waals surface area contributed by atoms with Crippen molar-refractivity contribution in [3.8, 4) is 17.2 Å². The highest BCUT2D eigenvalue weighted by atomic mass is 79.9. The largest absolute Gasteiger partial charge is 0.480 e. The molecule has 2 aromatic heterocycles. The van der Waals surface area contributed by atoms with Crippen LogP contribution in [0.1, 0.15) is 0 Å². The first kappa shape index (κ1) is 11.3. The summed E-state index contributed by atoms with van der Waals surface area (Å²) < 4.78 is 11.8. The number of rotatable bonds is 2. The molecule has 0 fully saturated rings. The van der Waals surface area contributed by atoms with Crippen molar-refractivity contribution >= 4 is 26.9 Å². The van der Waals surface area contributed by atoms with Crippen molar-refractivity contribution in [2.45, 2.75) is 0 Å². The summed E-state index contributed by atoms with van der Waals surface area (Å²) in [6.07, 6.45) is 1.67. The lowest BCUT2D eigenvalue weighted by Crippen LogP contribution is -1.87. The number of benzene rings is 1. The van der Waals surface area contributed by atoms with Gasteiger partial charge in [0.05, 0.1) is 17.8 Å². The quantitative estimate of drug-likeness (QED) is 0.709. The van der Waals surface area contributed by atoms with Crippen LogP contribution in [0.25, 0.3) is 22.3 Å². The van der Waals surface area contributed by atoms with Crippen LogP contribution in [0.15, 0.2) is 51.5 Å². The Labute approximate surface area is 113 Å². The van der Waals surface area contributed by atoms with E-state index in [0.29, 0.717) is 5.88 Å². The molecule has 0 spiro atoms. The second kappa shape index (κ2) is 4.46. The number of methoxy groups -OCH3 is 1. The highest BCUT2D eigenvalue weighted by Gasteiger charge is 2.12. The van der Waals surface area contributed by atoms with Crippen LogP contribution in [0.5, 0.6) is 5.88 Å². The monoisotopic (exact) mass is 303 g/mol. The molecule has 4 heteroatoms. The smallest absolute Gasteiger partial charge is 0.228 e. The van der Waals surface area contributed by atoms with Gasteiger partial charge in [-0.1, -0.05) is 30.3 Å². The number of halogens is 1. The van der Waals surface area contributed by atoms with Crippen LogP contribution in [0.3, 0.4) is 0 Å². The van der Waals surface area contributed by atoms with E-state index >= 15 is 0 Å². The molecule has 0 N–H and O–H groups in total. The van der Waals surface area contributed by atoms with Gasteiger partial charge in [-0.3, -0.25) is 0 Å². The molecule has 18 heavy (non-hydrogen) atoms. The summed E-state index contributed by atoms with van der Waals surface area (Å²) in [5.74, 6) is 1.38. The zero-order valence-corrected chi connectivity index (χ0v) is 11.3. The van der Waals surface area contributed by atoms with Crippen LogP contribution >= 0.6 is 15.9 Å². The number of hydrogen-bond acceptors (Lipinski definition) is 3. The third-order valence-corrected chi connectivity index (χ3v) is 3.50. The number of aromatic nitrogens is 1. The Kier molecular flexibility index (Phi) is 2.80. The third-order valence-electron chi connectivity index (χ3n) is 2.74. The van der Waals surface area contributed by atoms with Gasteiger partial charge in [0.15, 0.2) is 5.58 Å². The van der Waals surface area contributed by atoms with Crippen molar-refractivity contribution in [1.82, 2.24) is 4.98 Å². The number of ether oxygens (including phenoxy) is 1. The maximum absolute atomic E-state index is 5.79. The molecule has 0 unspecified atom stereocenters. The van der Waals surface area contributed by atoms with Crippen molar-refractivity contribution < 1.29 is 9.15 Å². The van der Waals surface area contributed by atoms with E-state index in [-0.39, 0.29) is 0 Å². The topological polar surface area (TPSA) is 35.3 Å². The fraction of sp³-hybridized carbons (Fsp3) is 0.0714. The normalized spacial score (nSPS) is 10.8. The molecule has 0 saturated heterocycles. The Morgan fingerprint density at radius 1 is 1.22 bits per heavy atom. The fourth-order valence-corrected chi connectivity index (χ4v) is 2.42. The number of fused-ring (bicyclic) bond motifs is 1. The molecule has 90 valence electrons. The maximum atomic E-state index is 5.79. The zero-order chi connectivity index (χ0) is 12.5. The molecule has 0 bridgehead atoms. The lowest BCUT2D eigenvalue weighted by molar-refractivity contribution is 0.395.